The molecule has 1 rings (SSSR count). The third kappa shape index (κ3) is 3.43. The van der Waals surface area contributed by atoms with Crippen LogP contribution in [-0.4, -0.2) is 52.8 Å². The highest BCUT2D eigenvalue weighted by atomic mass is 32.1. The predicted molar refractivity (Wildman–Crippen MR) is 78.6 cm³/mol. The summed E-state index contributed by atoms with van der Waals surface area (Å²) in [6.45, 7) is 7.76. The van der Waals surface area contributed by atoms with E-state index >= 15 is 0 Å². The molecule has 1 atom stereocenters. The molecule has 1 unspecified atom stereocenters. The van der Waals surface area contributed by atoms with E-state index in [4.69, 9.17) is 18.0 Å². The van der Waals surface area contributed by atoms with Gasteiger partial charge in [0, 0.05) is 33.1 Å². The van der Waals surface area contributed by atoms with Crippen LogP contribution in [0.3, 0.4) is 0 Å². The van der Waals surface area contributed by atoms with Gasteiger partial charge >= 0.3 is 0 Å². The number of carbonyl (C=O) groups is 2. The Hall–Kier alpha value is -1.17. The molecule has 1 aliphatic heterocycles. The molecule has 0 aromatic rings. The summed E-state index contributed by atoms with van der Waals surface area (Å²) in [4.78, 5) is 27.7. The van der Waals surface area contributed by atoms with Crippen molar-refractivity contribution in [1.29, 1.82) is 0 Å². The number of nitrogens with two attached hydrogens (primary N) is 1. The third-order valence-electron chi connectivity index (χ3n) is 3.95. The normalized spacial score (nSPS) is 19.5. The first-order chi connectivity index (χ1) is 8.82. The van der Waals surface area contributed by atoms with Gasteiger partial charge in [0.15, 0.2) is 0 Å². The molecule has 0 aliphatic carbocycles. The zero-order valence-electron chi connectivity index (χ0n) is 11.9. The van der Waals surface area contributed by atoms with Crippen LogP contribution in [0.4, 0.5) is 0 Å². The van der Waals surface area contributed by atoms with E-state index in [1.807, 2.05) is 6.92 Å². The Kier molecular flexibility index (Phi) is 5.29. The topological polar surface area (TPSA) is 66.6 Å². The van der Waals surface area contributed by atoms with Crippen LogP contribution < -0.4 is 5.73 Å². The SMILES string of the molecule is CCC(C)(C(=O)N1CCCN(C(C)=O)CC1)C(N)=S. The monoisotopic (exact) mass is 285 g/mol. The lowest BCUT2D eigenvalue weighted by atomic mass is 9.85. The van der Waals surface area contributed by atoms with E-state index in [1.165, 1.54) is 0 Å². The highest BCUT2D eigenvalue weighted by Gasteiger charge is 2.38. The Morgan fingerprint density at radius 1 is 1.21 bits per heavy atom. The van der Waals surface area contributed by atoms with Crippen molar-refractivity contribution in [2.24, 2.45) is 11.1 Å². The molecule has 0 saturated carbocycles. The molecule has 108 valence electrons. The van der Waals surface area contributed by atoms with Gasteiger partial charge < -0.3 is 15.5 Å². The van der Waals surface area contributed by atoms with Gasteiger partial charge in [-0.2, -0.15) is 0 Å². The fraction of sp³-hybridized carbons (Fsp3) is 0.769. The molecule has 19 heavy (non-hydrogen) atoms. The van der Waals surface area contributed by atoms with Gasteiger partial charge in [-0.3, -0.25) is 9.59 Å². The second-order valence-electron chi connectivity index (χ2n) is 5.20. The lowest BCUT2D eigenvalue weighted by Crippen LogP contribution is -2.49. The maximum Gasteiger partial charge on any atom is 0.235 e. The van der Waals surface area contributed by atoms with Crippen LogP contribution in [0.1, 0.15) is 33.6 Å². The zero-order chi connectivity index (χ0) is 14.6. The molecule has 0 aromatic carbocycles. The summed E-state index contributed by atoms with van der Waals surface area (Å²) in [6.07, 6.45) is 1.39. The van der Waals surface area contributed by atoms with Gasteiger partial charge in [0.1, 0.15) is 0 Å². The van der Waals surface area contributed by atoms with E-state index in [-0.39, 0.29) is 16.8 Å². The molecular formula is C13H23N3O2S. The third-order valence-corrected chi connectivity index (χ3v) is 4.40. The van der Waals surface area contributed by atoms with E-state index in [0.29, 0.717) is 32.6 Å². The van der Waals surface area contributed by atoms with Gasteiger partial charge in [0.25, 0.3) is 0 Å². The number of rotatable bonds is 3. The lowest BCUT2D eigenvalue weighted by Gasteiger charge is -2.32. The van der Waals surface area contributed by atoms with E-state index in [2.05, 4.69) is 0 Å². The summed E-state index contributed by atoms with van der Waals surface area (Å²) in [5.74, 6) is 0.0369. The van der Waals surface area contributed by atoms with Gasteiger partial charge in [0.2, 0.25) is 11.8 Å². The van der Waals surface area contributed by atoms with Crippen LogP contribution in [0.5, 0.6) is 0 Å². The van der Waals surface area contributed by atoms with Crippen molar-refractivity contribution in [2.75, 3.05) is 26.2 Å². The smallest absolute Gasteiger partial charge is 0.235 e. The second-order valence-corrected chi connectivity index (χ2v) is 5.64. The van der Waals surface area contributed by atoms with Crippen LogP contribution in [0, 0.1) is 5.41 Å². The van der Waals surface area contributed by atoms with Crippen molar-refractivity contribution in [3.63, 3.8) is 0 Å². The van der Waals surface area contributed by atoms with Crippen molar-refractivity contribution in [1.82, 2.24) is 9.80 Å². The van der Waals surface area contributed by atoms with Crippen molar-refractivity contribution >= 4 is 29.0 Å². The summed E-state index contributed by atoms with van der Waals surface area (Å²) in [6, 6.07) is 0. The number of hydrogen-bond donors (Lipinski definition) is 1. The van der Waals surface area contributed by atoms with Crippen LogP contribution >= 0.6 is 12.2 Å². The Morgan fingerprint density at radius 2 is 1.74 bits per heavy atom. The minimum Gasteiger partial charge on any atom is -0.392 e. The minimum absolute atomic E-state index is 0.0205. The van der Waals surface area contributed by atoms with Crippen LogP contribution in [-0.2, 0) is 9.59 Å². The highest BCUT2D eigenvalue weighted by Crippen LogP contribution is 2.25. The lowest BCUT2D eigenvalue weighted by molar-refractivity contribution is -0.138. The number of thiocarbonyl (C=S) groups is 1. The summed E-state index contributed by atoms with van der Waals surface area (Å²) < 4.78 is 0. The molecule has 1 fully saturated rings. The van der Waals surface area contributed by atoms with Gasteiger partial charge in [-0.25, -0.2) is 0 Å². The fourth-order valence-corrected chi connectivity index (χ4v) is 2.45. The molecule has 2 amide bonds. The molecule has 0 aromatic heterocycles. The number of amides is 2. The van der Waals surface area contributed by atoms with Crippen molar-refractivity contribution in [3.8, 4) is 0 Å². The summed E-state index contributed by atoms with van der Waals surface area (Å²) >= 11 is 5.04. The Bertz CT molecular complexity index is 386. The van der Waals surface area contributed by atoms with E-state index in [9.17, 15) is 9.59 Å². The van der Waals surface area contributed by atoms with Crippen molar-refractivity contribution < 1.29 is 9.59 Å². The molecule has 0 spiro atoms. The fourth-order valence-electron chi connectivity index (χ4n) is 2.22. The molecule has 5 nitrogen and oxygen atoms in total. The predicted octanol–water partition coefficient (Wildman–Crippen LogP) is 0.770. The van der Waals surface area contributed by atoms with Crippen LogP contribution in [0.15, 0.2) is 0 Å². The molecule has 0 bridgehead atoms. The summed E-state index contributed by atoms with van der Waals surface area (Å²) in [5, 5.41) is 0. The van der Waals surface area contributed by atoms with Crippen LogP contribution in [0.2, 0.25) is 0 Å². The second kappa shape index (κ2) is 6.32. The van der Waals surface area contributed by atoms with Gasteiger partial charge in [0.05, 0.1) is 10.4 Å². The van der Waals surface area contributed by atoms with Gasteiger partial charge in [-0.15, -0.1) is 0 Å². The molecule has 6 heteroatoms. The first-order valence-corrected chi connectivity index (χ1v) is 7.08. The van der Waals surface area contributed by atoms with E-state index < -0.39 is 5.41 Å². The number of carbonyl (C=O) groups excluding carboxylic acids is 2. The van der Waals surface area contributed by atoms with Crippen molar-refractivity contribution in [3.05, 3.63) is 0 Å². The van der Waals surface area contributed by atoms with Crippen LogP contribution in [0.25, 0.3) is 0 Å². The van der Waals surface area contributed by atoms with Crippen molar-refractivity contribution in [2.45, 2.75) is 33.6 Å². The van der Waals surface area contributed by atoms with Gasteiger partial charge in [-0.1, -0.05) is 19.1 Å². The average molecular weight is 285 g/mol. The number of hydrogen-bond acceptors (Lipinski definition) is 3. The summed E-state index contributed by atoms with van der Waals surface area (Å²) in [5.41, 5.74) is 4.95. The molecular weight excluding hydrogens is 262 g/mol. The maximum atomic E-state index is 12.6. The maximum absolute atomic E-state index is 12.6. The van der Waals surface area contributed by atoms with Gasteiger partial charge in [-0.05, 0) is 19.8 Å². The quantitative estimate of drug-likeness (QED) is 0.778. The Labute approximate surface area is 120 Å². The largest absolute Gasteiger partial charge is 0.392 e. The Morgan fingerprint density at radius 3 is 2.21 bits per heavy atom. The highest BCUT2D eigenvalue weighted by molar-refractivity contribution is 7.80. The molecule has 1 aliphatic rings. The molecule has 1 heterocycles. The average Bonchev–Trinajstić information content (AvgIpc) is 2.62. The number of nitrogens with zero attached hydrogens (tertiary/aromatic N) is 2. The minimum atomic E-state index is -0.777. The molecule has 2 N–H and O–H groups in total. The zero-order valence-corrected chi connectivity index (χ0v) is 12.8. The van der Waals surface area contributed by atoms with E-state index in [0.717, 1.165) is 6.42 Å². The molecule has 1 saturated heterocycles. The standard InChI is InChI=1S/C13H23N3O2S/c1-4-13(3,11(14)19)12(18)16-7-5-6-15(8-9-16)10(2)17/h4-9H2,1-3H3,(H2,14,19). The van der Waals surface area contributed by atoms with E-state index in [1.54, 1.807) is 23.6 Å². The first kappa shape index (κ1) is 15.9. The molecule has 0 radical (unpaired) electrons. The summed E-state index contributed by atoms with van der Waals surface area (Å²) in [7, 11) is 0. The Balaban J connectivity index is 2.78. The first-order valence-electron chi connectivity index (χ1n) is 6.67.